The molecule has 196 valence electrons. The first-order valence-electron chi connectivity index (χ1n) is 11.4. The summed E-state index contributed by atoms with van der Waals surface area (Å²) in [7, 11) is 0. The molecule has 1 aliphatic heterocycles. The van der Waals surface area contributed by atoms with Gasteiger partial charge >= 0.3 is 12.3 Å². The van der Waals surface area contributed by atoms with E-state index in [9.17, 15) is 18.0 Å². The molecule has 0 fully saturated rings. The van der Waals surface area contributed by atoms with E-state index >= 15 is 0 Å². The van der Waals surface area contributed by atoms with E-state index < -0.39 is 24.5 Å². The number of carboxylic acid groups (broad SMARTS) is 1. The van der Waals surface area contributed by atoms with E-state index in [1.165, 1.54) is 18.5 Å². The molecule has 0 aliphatic carbocycles. The Balaban J connectivity index is 1.49. The highest BCUT2D eigenvalue weighted by Crippen LogP contribution is 2.37. The number of hydrogen-bond acceptors (Lipinski definition) is 8. The molecule has 2 heterocycles. The smallest absolute Gasteiger partial charge is 0.493 e. The third kappa shape index (κ3) is 6.93. The van der Waals surface area contributed by atoms with E-state index in [0.717, 1.165) is 11.6 Å². The zero-order valence-electron chi connectivity index (χ0n) is 19.8. The molecule has 0 radical (unpaired) electrons. The van der Waals surface area contributed by atoms with Crippen molar-refractivity contribution in [3.05, 3.63) is 53.9 Å². The summed E-state index contributed by atoms with van der Waals surface area (Å²) in [6.07, 6.45) is -3.74. The van der Waals surface area contributed by atoms with Gasteiger partial charge in [-0.3, -0.25) is 4.79 Å². The minimum absolute atomic E-state index is 0.106. The molecule has 1 aromatic heterocycles. The van der Waals surface area contributed by atoms with E-state index in [2.05, 4.69) is 20.0 Å². The van der Waals surface area contributed by atoms with Gasteiger partial charge in [-0.25, -0.2) is 9.97 Å². The molecule has 0 spiro atoms. The van der Waals surface area contributed by atoms with Crippen molar-refractivity contribution in [2.45, 2.75) is 26.1 Å². The van der Waals surface area contributed by atoms with Crippen LogP contribution in [0, 0.1) is 0 Å². The third-order valence-electron chi connectivity index (χ3n) is 5.32. The molecule has 12 heteroatoms. The molecule has 9 nitrogen and oxygen atoms in total. The van der Waals surface area contributed by atoms with Crippen molar-refractivity contribution in [3.63, 3.8) is 0 Å². The fourth-order valence-corrected chi connectivity index (χ4v) is 3.78. The Morgan fingerprint density at radius 2 is 1.81 bits per heavy atom. The van der Waals surface area contributed by atoms with Gasteiger partial charge in [-0.2, -0.15) is 0 Å². The lowest BCUT2D eigenvalue weighted by Crippen LogP contribution is -2.18. The van der Waals surface area contributed by atoms with Crippen LogP contribution in [0.2, 0.25) is 0 Å². The van der Waals surface area contributed by atoms with E-state index in [-0.39, 0.29) is 5.56 Å². The van der Waals surface area contributed by atoms with Crippen molar-refractivity contribution in [2.24, 2.45) is 0 Å². The summed E-state index contributed by atoms with van der Waals surface area (Å²) in [5.74, 6) is 0.553. The number of aromatic nitrogens is 2. The van der Waals surface area contributed by atoms with Gasteiger partial charge < -0.3 is 29.4 Å². The molecular weight excluding hydrogens is 495 g/mol. The van der Waals surface area contributed by atoms with Crippen LogP contribution >= 0.6 is 0 Å². The van der Waals surface area contributed by atoms with Gasteiger partial charge in [0.05, 0.1) is 18.7 Å². The second kappa shape index (κ2) is 11.2. The fraction of sp³-hybridized carbons (Fsp3) is 0.320. The number of hydrogen-bond donors (Lipinski definition) is 2. The van der Waals surface area contributed by atoms with Crippen LogP contribution in [0.1, 0.15) is 18.1 Å². The molecule has 0 saturated carbocycles. The summed E-state index contributed by atoms with van der Waals surface area (Å²) < 4.78 is 59.7. The van der Waals surface area contributed by atoms with Crippen LogP contribution in [0.5, 0.6) is 23.0 Å². The molecule has 37 heavy (non-hydrogen) atoms. The molecule has 0 atom stereocenters. The van der Waals surface area contributed by atoms with Crippen molar-refractivity contribution in [1.29, 1.82) is 0 Å². The second-order valence-corrected chi connectivity index (χ2v) is 7.94. The Morgan fingerprint density at radius 3 is 2.51 bits per heavy atom. The van der Waals surface area contributed by atoms with Crippen LogP contribution < -0.4 is 24.3 Å². The largest absolute Gasteiger partial charge is 0.573 e. The number of carbonyl (C=O) groups is 1. The van der Waals surface area contributed by atoms with Crippen LogP contribution in [0.4, 0.5) is 19.0 Å². The lowest BCUT2D eigenvalue weighted by Gasteiger charge is -2.21. The fourth-order valence-electron chi connectivity index (χ4n) is 3.78. The molecule has 0 saturated heterocycles. The number of halogens is 3. The number of ether oxygens (including phenoxy) is 4. The van der Waals surface area contributed by atoms with Crippen LogP contribution in [0.15, 0.2) is 42.7 Å². The molecule has 2 aromatic carbocycles. The SMILES string of the molecule is CCOc1cc2c(cc1CCNc1cc(-c3ccc(CC(=O)O)c(OC(F)(F)F)c3)ncn1)OCCO2. The van der Waals surface area contributed by atoms with Crippen molar-refractivity contribution in [1.82, 2.24) is 9.97 Å². The number of anilines is 1. The van der Waals surface area contributed by atoms with Gasteiger partial charge in [0.25, 0.3) is 0 Å². The van der Waals surface area contributed by atoms with Gasteiger partial charge in [0.1, 0.15) is 36.9 Å². The minimum Gasteiger partial charge on any atom is -0.493 e. The lowest BCUT2D eigenvalue weighted by molar-refractivity contribution is -0.274. The first kappa shape index (κ1) is 25.9. The first-order valence-corrected chi connectivity index (χ1v) is 11.4. The number of rotatable bonds is 10. The summed E-state index contributed by atoms with van der Waals surface area (Å²) in [6, 6.07) is 9.14. The summed E-state index contributed by atoms with van der Waals surface area (Å²) in [6.45, 7) is 3.79. The third-order valence-corrected chi connectivity index (χ3v) is 5.32. The van der Waals surface area contributed by atoms with Crippen LogP contribution in [-0.2, 0) is 17.6 Å². The Labute approximate surface area is 210 Å². The van der Waals surface area contributed by atoms with Gasteiger partial charge in [0.2, 0.25) is 0 Å². The summed E-state index contributed by atoms with van der Waals surface area (Å²) in [5, 5.41) is 12.2. The first-order chi connectivity index (χ1) is 17.7. The van der Waals surface area contributed by atoms with Crippen LogP contribution in [0.25, 0.3) is 11.3 Å². The van der Waals surface area contributed by atoms with Crippen molar-refractivity contribution in [3.8, 4) is 34.3 Å². The zero-order chi connectivity index (χ0) is 26.4. The van der Waals surface area contributed by atoms with Crippen molar-refractivity contribution >= 4 is 11.8 Å². The predicted octanol–water partition coefficient (Wildman–Crippen LogP) is 4.49. The second-order valence-electron chi connectivity index (χ2n) is 7.94. The van der Waals surface area contributed by atoms with E-state index in [4.69, 9.17) is 19.3 Å². The summed E-state index contributed by atoms with van der Waals surface area (Å²) in [5.41, 5.74) is 1.45. The molecule has 0 unspecified atom stereocenters. The van der Waals surface area contributed by atoms with Crippen LogP contribution in [0.3, 0.4) is 0 Å². The Hall–Kier alpha value is -4.22. The number of alkyl halides is 3. The Kier molecular flexibility index (Phi) is 7.85. The summed E-state index contributed by atoms with van der Waals surface area (Å²) >= 11 is 0. The average Bonchev–Trinajstić information content (AvgIpc) is 2.84. The standard InChI is InChI=1S/C25H24F3N3O6/c1-2-34-19-13-22-21(35-7-8-36-22)10-17(19)5-6-29-23-12-18(30-14-31-23)15-3-4-16(11-24(32)33)20(9-15)37-25(26,27)28/h3-4,9-10,12-14H,2,5-8,11H2,1H3,(H,32,33)(H,29,30,31). The lowest BCUT2D eigenvalue weighted by atomic mass is 10.1. The predicted molar refractivity (Wildman–Crippen MR) is 126 cm³/mol. The molecule has 0 amide bonds. The minimum atomic E-state index is -4.97. The molecule has 0 bridgehead atoms. The number of benzene rings is 2. The van der Waals surface area contributed by atoms with Crippen LogP contribution in [-0.4, -0.2) is 53.8 Å². The maximum atomic E-state index is 12.9. The average molecular weight is 519 g/mol. The Bertz CT molecular complexity index is 1270. The molecular formula is C25H24F3N3O6. The number of carboxylic acids is 1. The highest BCUT2D eigenvalue weighted by atomic mass is 19.4. The molecule has 2 N–H and O–H groups in total. The topological polar surface area (TPSA) is 112 Å². The number of nitrogens with zero attached hydrogens (tertiary/aromatic N) is 2. The van der Waals surface area contributed by atoms with E-state index in [0.29, 0.717) is 67.1 Å². The normalized spacial score (nSPS) is 12.6. The number of fused-ring (bicyclic) bond motifs is 1. The maximum absolute atomic E-state index is 12.9. The van der Waals surface area contributed by atoms with E-state index in [1.807, 2.05) is 19.1 Å². The molecule has 4 rings (SSSR count). The highest BCUT2D eigenvalue weighted by molar-refractivity contribution is 5.73. The quantitative estimate of drug-likeness (QED) is 0.400. The molecule has 1 aliphatic rings. The van der Waals surface area contributed by atoms with Gasteiger partial charge in [0.15, 0.2) is 11.5 Å². The number of nitrogens with one attached hydrogen (secondary N) is 1. The highest BCUT2D eigenvalue weighted by Gasteiger charge is 2.32. The number of aliphatic carboxylic acids is 1. The van der Waals surface area contributed by atoms with Crippen molar-refractivity contribution in [2.75, 3.05) is 31.7 Å². The van der Waals surface area contributed by atoms with Gasteiger partial charge in [-0.15, -0.1) is 13.2 Å². The van der Waals surface area contributed by atoms with Gasteiger partial charge in [0, 0.05) is 29.8 Å². The zero-order valence-corrected chi connectivity index (χ0v) is 19.8. The Morgan fingerprint density at radius 1 is 1.05 bits per heavy atom. The van der Waals surface area contributed by atoms with Gasteiger partial charge in [-0.05, 0) is 31.0 Å². The summed E-state index contributed by atoms with van der Waals surface area (Å²) in [4.78, 5) is 19.3. The monoisotopic (exact) mass is 519 g/mol. The maximum Gasteiger partial charge on any atom is 0.573 e. The van der Waals surface area contributed by atoms with E-state index in [1.54, 1.807) is 6.07 Å². The van der Waals surface area contributed by atoms with Gasteiger partial charge in [-0.1, -0.05) is 12.1 Å². The molecule has 3 aromatic rings. The van der Waals surface area contributed by atoms with Crippen molar-refractivity contribution < 1.29 is 42.0 Å².